The lowest BCUT2D eigenvalue weighted by molar-refractivity contribution is 0.0307. The third-order valence-electron chi connectivity index (χ3n) is 1.57. The molecule has 1 heterocycles. The number of aliphatic hydroxyl groups is 1. The Hall–Kier alpha value is -0.420. The quantitative estimate of drug-likeness (QED) is 0.717. The number of thiophene rings is 1. The van der Waals surface area contributed by atoms with Gasteiger partial charge in [-0.1, -0.05) is 6.07 Å². The second-order valence-corrected chi connectivity index (χ2v) is 3.84. The molecule has 0 radical (unpaired) electrons. The van der Waals surface area contributed by atoms with Gasteiger partial charge in [-0.2, -0.15) is 0 Å². The van der Waals surface area contributed by atoms with E-state index in [1.807, 2.05) is 24.6 Å². The summed E-state index contributed by atoms with van der Waals surface area (Å²) in [6, 6.07) is 4.02. The molecule has 0 amide bonds. The first-order valence-corrected chi connectivity index (χ1v) is 5.13. The van der Waals surface area contributed by atoms with Gasteiger partial charge in [-0.25, -0.2) is 0 Å². The number of rotatable bonds is 6. The van der Waals surface area contributed by atoms with E-state index in [0.717, 1.165) is 0 Å². The van der Waals surface area contributed by atoms with Crippen LogP contribution in [0, 0.1) is 0 Å². The minimum absolute atomic E-state index is 0.388. The van der Waals surface area contributed by atoms with Crippen LogP contribution in [0.1, 0.15) is 4.88 Å². The van der Waals surface area contributed by atoms with Crippen LogP contribution in [0.4, 0.5) is 0 Å². The summed E-state index contributed by atoms with van der Waals surface area (Å²) in [5, 5.41) is 14.2. The highest BCUT2D eigenvalue weighted by molar-refractivity contribution is 7.09. The molecule has 0 saturated carbocycles. The van der Waals surface area contributed by atoms with Crippen molar-refractivity contribution in [1.82, 2.24) is 5.32 Å². The number of likely N-dealkylation sites (N-methyl/N-ethyl adjacent to an activating group) is 1. The van der Waals surface area contributed by atoms with Crippen LogP contribution in [0.25, 0.3) is 0 Å². The summed E-state index contributed by atoms with van der Waals surface area (Å²) >= 11 is 1.67. The topological polar surface area (TPSA) is 41.5 Å². The second kappa shape index (κ2) is 6.10. The van der Waals surface area contributed by atoms with Crippen LogP contribution in [0.3, 0.4) is 0 Å². The van der Waals surface area contributed by atoms with Gasteiger partial charge in [0.15, 0.2) is 0 Å². The van der Waals surface area contributed by atoms with Crippen molar-refractivity contribution in [3.8, 4) is 0 Å². The lowest BCUT2D eigenvalue weighted by Crippen LogP contribution is -2.27. The molecule has 1 rings (SSSR count). The summed E-state index contributed by atoms with van der Waals surface area (Å²) in [5.74, 6) is 0. The van der Waals surface area contributed by atoms with Crippen molar-refractivity contribution < 1.29 is 9.84 Å². The maximum atomic E-state index is 9.29. The fourth-order valence-corrected chi connectivity index (χ4v) is 1.63. The molecule has 1 unspecified atom stereocenters. The molecule has 3 nitrogen and oxygen atoms in total. The third kappa shape index (κ3) is 4.38. The first-order valence-electron chi connectivity index (χ1n) is 4.25. The molecule has 0 fully saturated rings. The summed E-state index contributed by atoms with van der Waals surface area (Å²) < 4.78 is 5.31. The number of hydrogen-bond acceptors (Lipinski definition) is 4. The predicted molar refractivity (Wildman–Crippen MR) is 53.9 cm³/mol. The SMILES string of the molecule is CNCC(O)COCc1cccs1. The van der Waals surface area contributed by atoms with Gasteiger partial charge < -0.3 is 15.2 Å². The van der Waals surface area contributed by atoms with Crippen LogP contribution in [0.5, 0.6) is 0 Å². The number of ether oxygens (including phenoxy) is 1. The molecule has 0 bridgehead atoms. The molecule has 1 aromatic rings. The van der Waals surface area contributed by atoms with E-state index in [1.54, 1.807) is 11.3 Å². The second-order valence-electron chi connectivity index (χ2n) is 2.81. The fraction of sp³-hybridized carbons (Fsp3) is 0.556. The molecule has 1 aromatic heterocycles. The van der Waals surface area contributed by atoms with E-state index in [0.29, 0.717) is 19.8 Å². The van der Waals surface area contributed by atoms with Gasteiger partial charge in [0.1, 0.15) is 0 Å². The molecular formula is C9H15NO2S. The molecule has 13 heavy (non-hydrogen) atoms. The van der Waals surface area contributed by atoms with E-state index in [-0.39, 0.29) is 0 Å². The van der Waals surface area contributed by atoms with Crippen LogP contribution in [0.15, 0.2) is 17.5 Å². The van der Waals surface area contributed by atoms with Gasteiger partial charge in [-0.15, -0.1) is 11.3 Å². The van der Waals surface area contributed by atoms with Crippen LogP contribution < -0.4 is 5.32 Å². The maximum Gasteiger partial charge on any atom is 0.0897 e. The van der Waals surface area contributed by atoms with Crippen LogP contribution in [-0.4, -0.2) is 31.4 Å². The molecule has 0 aliphatic heterocycles. The number of aliphatic hydroxyl groups excluding tert-OH is 1. The van der Waals surface area contributed by atoms with E-state index in [1.165, 1.54) is 4.88 Å². The molecule has 0 aliphatic rings. The molecule has 0 spiro atoms. The third-order valence-corrected chi connectivity index (χ3v) is 2.42. The molecule has 4 heteroatoms. The van der Waals surface area contributed by atoms with Gasteiger partial charge in [0.05, 0.1) is 19.3 Å². The average Bonchev–Trinajstić information content (AvgIpc) is 2.57. The average molecular weight is 201 g/mol. The van der Waals surface area contributed by atoms with Gasteiger partial charge in [0, 0.05) is 11.4 Å². The Morgan fingerprint density at radius 3 is 3.15 bits per heavy atom. The lowest BCUT2D eigenvalue weighted by Gasteiger charge is -2.09. The van der Waals surface area contributed by atoms with Gasteiger partial charge in [-0.05, 0) is 18.5 Å². The van der Waals surface area contributed by atoms with Crippen LogP contribution >= 0.6 is 11.3 Å². The minimum atomic E-state index is -0.412. The standard InChI is InChI=1S/C9H15NO2S/c1-10-5-8(11)6-12-7-9-3-2-4-13-9/h2-4,8,10-11H,5-7H2,1H3. The van der Waals surface area contributed by atoms with E-state index < -0.39 is 6.10 Å². The molecule has 0 saturated heterocycles. The molecule has 1 atom stereocenters. The van der Waals surface area contributed by atoms with Gasteiger partial charge >= 0.3 is 0 Å². The Kier molecular flexibility index (Phi) is 5.00. The Bertz CT molecular complexity index is 213. The van der Waals surface area contributed by atoms with Crippen molar-refractivity contribution in [3.63, 3.8) is 0 Å². The van der Waals surface area contributed by atoms with Crippen LogP contribution in [0.2, 0.25) is 0 Å². The highest BCUT2D eigenvalue weighted by Gasteiger charge is 2.02. The Labute approximate surface area is 82.4 Å². The highest BCUT2D eigenvalue weighted by Crippen LogP contribution is 2.09. The zero-order chi connectivity index (χ0) is 9.52. The van der Waals surface area contributed by atoms with Crippen molar-refractivity contribution in [1.29, 1.82) is 0 Å². The molecule has 2 N–H and O–H groups in total. The van der Waals surface area contributed by atoms with Crippen LogP contribution in [-0.2, 0) is 11.3 Å². The molecular weight excluding hydrogens is 186 g/mol. The van der Waals surface area contributed by atoms with Crippen molar-refractivity contribution in [2.75, 3.05) is 20.2 Å². The van der Waals surface area contributed by atoms with Crippen molar-refractivity contribution in [2.45, 2.75) is 12.7 Å². The normalized spacial score (nSPS) is 13.1. The summed E-state index contributed by atoms with van der Waals surface area (Å²) in [7, 11) is 1.81. The van der Waals surface area contributed by atoms with Crippen molar-refractivity contribution in [3.05, 3.63) is 22.4 Å². The number of nitrogens with one attached hydrogen (secondary N) is 1. The first kappa shape index (κ1) is 10.7. The zero-order valence-electron chi connectivity index (χ0n) is 7.69. The molecule has 0 aromatic carbocycles. The van der Waals surface area contributed by atoms with Gasteiger partial charge in [0.2, 0.25) is 0 Å². The maximum absolute atomic E-state index is 9.29. The summed E-state index contributed by atoms with van der Waals surface area (Å²) in [4.78, 5) is 1.19. The van der Waals surface area contributed by atoms with Gasteiger partial charge in [0.25, 0.3) is 0 Å². The molecule has 74 valence electrons. The largest absolute Gasteiger partial charge is 0.389 e. The van der Waals surface area contributed by atoms with Gasteiger partial charge in [-0.3, -0.25) is 0 Å². The van der Waals surface area contributed by atoms with Crippen molar-refractivity contribution in [2.24, 2.45) is 0 Å². The summed E-state index contributed by atoms with van der Waals surface area (Å²) in [5.41, 5.74) is 0. The zero-order valence-corrected chi connectivity index (χ0v) is 8.51. The van der Waals surface area contributed by atoms with E-state index in [4.69, 9.17) is 4.74 Å². The summed E-state index contributed by atoms with van der Waals surface area (Å²) in [6.45, 7) is 1.56. The Balaban J connectivity index is 2.07. The lowest BCUT2D eigenvalue weighted by atomic mass is 10.4. The smallest absolute Gasteiger partial charge is 0.0897 e. The molecule has 0 aliphatic carbocycles. The fourth-order valence-electron chi connectivity index (χ4n) is 0.985. The predicted octanol–water partition coefficient (Wildman–Crippen LogP) is 0.845. The number of hydrogen-bond donors (Lipinski definition) is 2. The minimum Gasteiger partial charge on any atom is -0.389 e. The Morgan fingerprint density at radius 2 is 2.54 bits per heavy atom. The van der Waals surface area contributed by atoms with E-state index in [9.17, 15) is 5.11 Å². The monoisotopic (exact) mass is 201 g/mol. The highest BCUT2D eigenvalue weighted by atomic mass is 32.1. The van der Waals surface area contributed by atoms with E-state index >= 15 is 0 Å². The van der Waals surface area contributed by atoms with E-state index in [2.05, 4.69) is 5.32 Å². The van der Waals surface area contributed by atoms with Crippen molar-refractivity contribution >= 4 is 11.3 Å². The summed E-state index contributed by atoms with van der Waals surface area (Å²) in [6.07, 6.45) is -0.412. The Morgan fingerprint density at radius 1 is 1.69 bits per heavy atom. The first-order chi connectivity index (χ1) is 6.33.